The summed E-state index contributed by atoms with van der Waals surface area (Å²) in [6.45, 7) is 0.398. The fraction of sp³-hybridized carbons (Fsp3) is 0.133. The summed E-state index contributed by atoms with van der Waals surface area (Å²) in [5.41, 5.74) is 1.81. The summed E-state index contributed by atoms with van der Waals surface area (Å²) in [5.74, 6) is 1.80. The number of rotatable bonds is 6. The van der Waals surface area contributed by atoms with Crippen molar-refractivity contribution in [3.8, 4) is 11.3 Å². The Kier molecular flexibility index (Phi) is 4.07. The maximum atomic E-state index is 5.56. The molecule has 1 aromatic carbocycles. The molecule has 3 heterocycles. The summed E-state index contributed by atoms with van der Waals surface area (Å²) in [4.78, 5) is 3.87. The van der Waals surface area contributed by atoms with Crippen molar-refractivity contribution in [1.82, 2.24) is 30.1 Å². The van der Waals surface area contributed by atoms with Gasteiger partial charge in [0, 0.05) is 17.4 Å². The first kappa shape index (κ1) is 14.6. The van der Waals surface area contributed by atoms with E-state index in [9.17, 15) is 0 Å². The monoisotopic (exact) mass is 340 g/mol. The van der Waals surface area contributed by atoms with Crippen LogP contribution < -0.4 is 0 Å². The molecule has 0 amide bonds. The van der Waals surface area contributed by atoms with Gasteiger partial charge in [0.15, 0.2) is 5.76 Å². The highest BCUT2D eigenvalue weighted by Gasteiger charge is 2.11. The molecule has 0 radical (unpaired) electrons. The highest BCUT2D eigenvalue weighted by molar-refractivity contribution is 7.98. The summed E-state index contributed by atoms with van der Waals surface area (Å²) in [5, 5.41) is 16.5. The van der Waals surface area contributed by atoms with Gasteiger partial charge >= 0.3 is 0 Å². The molecule has 9 heteroatoms. The molecule has 0 unspecified atom stereocenters. The molecule has 0 aliphatic rings. The van der Waals surface area contributed by atoms with E-state index in [-0.39, 0.29) is 0 Å². The van der Waals surface area contributed by atoms with Gasteiger partial charge in [0.25, 0.3) is 5.22 Å². The second-order valence-electron chi connectivity index (χ2n) is 4.89. The minimum atomic E-state index is 0.398. The smallest absolute Gasteiger partial charge is 0.277 e. The molecule has 0 N–H and O–H groups in total. The molecule has 3 aromatic heterocycles. The number of aromatic nitrogens is 6. The lowest BCUT2D eigenvalue weighted by atomic mass is 10.2. The van der Waals surface area contributed by atoms with Crippen molar-refractivity contribution in [3.05, 3.63) is 60.6 Å². The molecule has 0 aliphatic heterocycles. The predicted octanol–water partition coefficient (Wildman–Crippen LogP) is 2.66. The Balaban J connectivity index is 1.37. The Morgan fingerprint density at radius 3 is 2.88 bits per heavy atom. The normalized spacial score (nSPS) is 11.0. The first-order valence-corrected chi connectivity index (χ1v) is 8.14. The molecule has 0 saturated heterocycles. The fourth-order valence-corrected chi connectivity index (χ4v) is 2.73. The van der Waals surface area contributed by atoms with Gasteiger partial charge in [-0.3, -0.25) is 0 Å². The Morgan fingerprint density at radius 1 is 1.12 bits per heavy atom. The van der Waals surface area contributed by atoms with Crippen molar-refractivity contribution in [2.45, 2.75) is 17.5 Å². The maximum absolute atomic E-state index is 5.56. The minimum Gasteiger partial charge on any atom is -0.414 e. The summed E-state index contributed by atoms with van der Waals surface area (Å²) >= 11 is 1.41. The Morgan fingerprint density at radius 2 is 2.04 bits per heavy atom. The SMILES string of the molecule is c1ccc(-c2cc(CSc3nnc(Cn4cncn4)o3)no2)cc1. The van der Waals surface area contributed by atoms with Crippen molar-refractivity contribution < 1.29 is 8.94 Å². The molecule has 4 rings (SSSR count). The summed E-state index contributed by atoms with van der Waals surface area (Å²) in [6, 6.07) is 11.7. The first-order chi connectivity index (χ1) is 11.9. The van der Waals surface area contributed by atoms with Crippen LogP contribution in [0.3, 0.4) is 0 Å². The van der Waals surface area contributed by atoms with E-state index in [4.69, 9.17) is 8.94 Å². The van der Waals surface area contributed by atoms with Crippen LogP contribution in [-0.4, -0.2) is 30.1 Å². The van der Waals surface area contributed by atoms with E-state index in [0.29, 0.717) is 23.4 Å². The van der Waals surface area contributed by atoms with Crippen LogP contribution in [0.15, 0.2) is 63.2 Å². The lowest BCUT2D eigenvalue weighted by Crippen LogP contribution is -1.99. The highest BCUT2D eigenvalue weighted by Crippen LogP contribution is 2.25. The van der Waals surface area contributed by atoms with E-state index in [2.05, 4.69) is 25.4 Å². The quantitative estimate of drug-likeness (QED) is 0.494. The molecule has 0 bridgehead atoms. The zero-order valence-electron chi connectivity index (χ0n) is 12.4. The average molecular weight is 340 g/mol. The molecule has 0 atom stereocenters. The summed E-state index contributed by atoms with van der Waals surface area (Å²) in [7, 11) is 0. The Bertz CT molecular complexity index is 903. The predicted molar refractivity (Wildman–Crippen MR) is 84.9 cm³/mol. The lowest BCUT2D eigenvalue weighted by Gasteiger charge is -1.93. The highest BCUT2D eigenvalue weighted by atomic mass is 32.2. The van der Waals surface area contributed by atoms with Crippen molar-refractivity contribution in [1.29, 1.82) is 0 Å². The molecular formula is C15H12N6O2S. The zero-order valence-corrected chi connectivity index (χ0v) is 13.3. The third kappa shape index (κ3) is 3.35. The van der Waals surface area contributed by atoms with Crippen LogP contribution in [0.5, 0.6) is 0 Å². The molecule has 0 saturated carbocycles. The second kappa shape index (κ2) is 6.67. The number of hydrogen-bond donors (Lipinski definition) is 0. The van der Waals surface area contributed by atoms with Crippen molar-refractivity contribution in [2.24, 2.45) is 0 Å². The van der Waals surface area contributed by atoms with Gasteiger partial charge in [0.1, 0.15) is 19.2 Å². The molecule has 4 aromatic rings. The number of nitrogens with zero attached hydrogens (tertiary/aromatic N) is 6. The first-order valence-electron chi connectivity index (χ1n) is 7.15. The van der Waals surface area contributed by atoms with Crippen LogP contribution in [0.4, 0.5) is 0 Å². The third-order valence-corrected chi connectivity index (χ3v) is 4.02. The van der Waals surface area contributed by atoms with E-state index in [1.165, 1.54) is 18.1 Å². The standard InChI is InChI=1S/C15H12N6O2S/c1-2-4-11(5-3-1)13-6-12(20-23-13)8-24-15-19-18-14(22-15)7-21-10-16-9-17-21/h1-6,9-10H,7-8H2. The molecule has 120 valence electrons. The fourth-order valence-electron chi connectivity index (χ4n) is 2.07. The summed E-state index contributed by atoms with van der Waals surface area (Å²) < 4.78 is 12.5. The van der Waals surface area contributed by atoms with Crippen molar-refractivity contribution >= 4 is 11.8 Å². The van der Waals surface area contributed by atoms with Crippen LogP contribution in [0.25, 0.3) is 11.3 Å². The molecule has 0 spiro atoms. The molecular weight excluding hydrogens is 328 g/mol. The van der Waals surface area contributed by atoms with Crippen LogP contribution in [0.1, 0.15) is 11.6 Å². The maximum Gasteiger partial charge on any atom is 0.277 e. The molecule has 0 aliphatic carbocycles. The topological polar surface area (TPSA) is 95.7 Å². The van der Waals surface area contributed by atoms with Crippen LogP contribution in [-0.2, 0) is 12.3 Å². The van der Waals surface area contributed by atoms with Crippen molar-refractivity contribution in [3.63, 3.8) is 0 Å². The van der Waals surface area contributed by atoms with Gasteiger partial charge in [-0.05, 0) is 0 Å². The van der Waals surface area contributed by atoms with Gasteiger partial charge in [-0.15, -0.1) is 10.2 Å². The largest absolute Gasteiger partial charge is 0.414 e. The number of benzene rings is 1. The van der Waals surface area contributed by atoms with E-state index in [1.54, 1.807) is 11.0 Å². The van der Waals surface area contributed by atoms with Gasteiger partial charge < -0.3 is 8.94 Å². The number of hydrogen-bond acceptors (Lipinski definition) is 8. The lowest BCUT2D eigenvalue weighted by molar-refractivity contribution is 0.397. The molecule has 0 fully saturated rings. The van der Waals surface area contributed by atoms with E-state index in [1.807, 2.05) is 36.4 Å². The Hall–Kier alpha value is -2.94. The molecule has 8 nitrogen and oxygen atoms in total. The third-order valence-electron chi connectivity index (χ3n) is 3.17. The van der Waals surface area contributed by atoms with Gasteiger partial charge in [0.05, 0.1) is 5.69 Å². The van der Waals surface area contributed by atoms with Crippen LogP contribution >= 0.6 is 11.8 Å². The van der Waals surface area contributed by atoms with E-state index >= 15 is 0 Å². The van der Waals surface area contributed by atoms with Crippen LogP contribution in [0.2, 0.25) is 0 Å². The van der Waals surface area contributed by atoms with Gasteiger partial charge in [0.2, 0.25) is 5.89 Å². The molecule has 24 heavy (non-hydrogen) atoms. The number of thioether (sulfide) groups is 1. The van der Waals surface area contributed by atoms with E-state index < -0.39 is 0 Å². The van der Waals surface area contributed by atoms with Gasteiger partial charge in [-0.25, -0.2) is 9.67 Å². The minimum absolute atomic E-state index is 0.398. The second-order valence-corrected chi connectivity index (χ2v) is 5.82. The van der Waals surface area contributed by atoms with Gasteiger partial charge in [-0.2, -0.15) is 5.10 Å². The summed E-state index contributed by atoms with van der Waals surface area (Å²) in [6.07, 6.45) is 3.05. The average Bonchev–Trinajstić information content (AvgIpc) is 3.36. The van der Waals surface area contributed by atoms with Crippen LogP contribution in [0, 0.1) is 0 Å². The van der Waals surface area contributed by atoms with Gasteiger partial charge in [-0.1, -0.05) is 47.3 Å². The van der Waals surface area contributed by atoms with E-state index in [0.717, 1.165) is 17.0 Å². The Labute approximate surface area is 140 Å². The zero-order chi connectivity index (χ0) is 16.2. The van der Waals surface area contributed by atoms with Crippen molar-refractivity contribution in [2.75, 3.05) is 0 Å².